The number of piperidine rings is 1. The van der Waals surface area contributed by atoms with Crippen molar-refractivity contribution in [3.05, 3.63) is 76.1 Å². The highest BCUT2D eigenvalue weighted by Crippen LogP contribution is 2.41. The first-order valence-electron chi connectivity index (χ1n) is 10.3. The topological polar surface area (TPSA) is 63.9 Å². The second-order valence-corrected chi connectivity index (χ2v) is 8.32. The van der Waals surface area contributed by atoms with E-state index in [-0.39, 0.29) is 11.0 Å². The first kappa shape index (κ1) is 18.2. The molecule has 29 heavy (non-hydrogen) atoms. The summed E-state index contributed by atoms with van der Waals surface area (Å²) < 4.78 is 1.87. The summed E-state index contributed by atoms with van der Waals surface area (Å²) in [5.74, 6) is 0.885. The molecule has 1 fully saturated rings. The summed E-state index contributed by atoms with van der Waals surface area (Å²) in [6, 6.07) is 14.0. The average Bonchev–Trinajstić information content (AvgIpc) is 3.11. The van der Waals surface area contributed by atoms with E-state index in [1.165, 1.54) is 5.56 Å². The largest absolute Gasteiger partial charge is 0.297 e. The van der Waals surface area contributed by atoms with Gasteiger partial charge in [0.25, 0.3) is 5.56 Å². The van der Waals surface area contributed by atoms with Crippen LogP contribution in [0.3, 0.4) is 0 Å². The summed E-state index contributed by atoms with van der Waals surface area (Å²) in [5, 5.41) is 8.97. The van der Waals surface area contributed by atoms with Crippen molar-refractivity contribution in [2.24, 2.45) is 0 Å². The van der Waals surface area contributed by atoms with E-state index in [0.29, 0.717) is 5.69 Å². The van der Waals surface area contributed by atoms with Gasteiger partial charge in [0, 0.05) is 30.3 Å². The number of fused-ring (bicyclic) bond motifs is 2. The van der Waals surface area contributed by atoms with Crippen LogP contribution in [-0.2, 0) is 18.5 Å². The Balaban J connectivity index is 1.37. The molecule has 1 aromatic carbocycles. The molecule has 0 atom stereocenters. The van der Waals surface area contributed by atoms with Crippen molar-refractivity contribution in [2.75, 3.05) is 13.1 Å². The number of rotatable bonds is 3. The second kappa shape index (κ2) is 7.19. The Labute approximate surface area is 170 Å². The maximum absolute atomic E-state index is 13.1. The molecular weight excluding hydrogens is 362 g/mol. The molecule has 0 saturated carbocycles. The zero-order valence-corrected chi connectivity index (χ0v) is 16.7. The van der Waals surface area contributed by atoms with Gasteiger partial charge in [0.15, 0.2) is 5.69 Å². The molecule has 4 heterocycles. The van der Waals surface area contributed by atoms with Crippen molar-refractivity contribution in [1.82, 2.24) is 24.6 Å². The third-order valence-corrected chi connectivity index (χ3v) is 6.49. The number of hydrogen-bond donors (Lipinski definition) is 0. The number of hydrogen-bond acceptors (Lipinski definition) is 5. The van der Waals surface area contributed by atoms with E-state index >= 15 is 0 Å². The number of nitrogens with zero attached hydrogens (tertiary/aromatic N) is 5. The quantitative estimate of drug-likeness (QED) is 0.691. The van der Waals surface area contributed by atoms with E-state index in [1.807, 2.05) is 54.1 Å². The van der Waals surface area contributed by atoms with Crippen molar-refractivity contribution < 1.29 is 0 Å². The van der Waals surface area contributed by atoms with Crippen LogP contribution in [0.15, 0.2) is 53.5 Å². The highest BCUT2D eigenvalue weighted by molar-refractivity contribution is 5.58. The van der Waals surface area contributed by atoms with Gasteiger partial charge in [0.1, 0.15) is 5.82 Å². The summed E-state index contributed by atoms with van der Waals surface area (Å²) in [6.07, 6.45) is 4.85. The molecule has 0 unspecified atom stereocenters. The SMILES string of the molecule is Cc1ccc(-c2nnc3n(c2=O)CCC32CCN(Cc3ccccn3)CC2)cc1. The lowest BCUT2D eigenvalue weighted by atomic mass is 9.76. The van der Waals surface area contributed by atoms with Gasteiger partial charge in [-0.25, -0.2) is 0 Å². The van der Waals surface area contributed by atoms with Crippen molar-refractivity contribution in [3.8, 4) is 11.3 Å². The molecule has 2 aromatic heterocycles. The van der Waals surface area contributed by atoms with Crippen LogP contribution in [0, 0.1) is 6.92 Å². The lowest BCUT2D eigenvalue weighted by molar-refractivity contribution is 0.148. The zero-order valence-electron chi connectivity index (χ0n) is 16.7. The molecule has 5 rings (SSSR count). The number of benzene rings is 1. The van der Waals surface area contributed by atoms with E-state index in [0.717, 1.165) is 62.5 Å². The van der Waals surface area contributed by atoms with Gasteiger partial charge in [-0.15, -0.1) is 10.2 Å². The molecule has 2 aliphatic rings. The Hall–Kier alpha value is -2.86. The maximum atomic E-state index is 13.1. The van der Waals surface area contributed by atoms with Gasteiger partial charge in [0.05, 0.1) is 5.69 Å². The summed E-state index contributed by atoms with van der Waals surface area (Å²) in [6.45, 7) is 5.64. The standard InChI is InChI=1S/C23H25N5O/c1-17-5-7-18(8-6-17)20-21(29)28-15-11-23(22(28)26-25-20)9-13-27(14-10-23)16-19-4-2-3-12-24-19/h2-8,12H,9-11,13-16H2,1H3. The Kier molecular flexibility index (Phi) is 4.51. The van der Waals surface area contributed by atoms with Crippen LogP contribution in [0.2, 0.25) is 0 Å². The summed E-state index contributed by atoms with van der Waals surface area (Å²) in [7, 11) is 0. The normalized spacial score (nSPS) is 18.1. The highest BCUT2D eigenvalue weighted by Gasteiger charge is 2.44. The molecule has 2 aliphatic heterocycles. The second-order valence-electron chi connectivity index (χ2n) is 8.32. The smallest absolute Gasteiger partial charge is 0.280 e. The van der Waals surface area contributed by atoms with Crippen LogP contribution in [0.25, 0.3) is 11.3 Å². The number of likely N-dealkylation sites (tertiary alicyclic amines) is 1. The van der Waals surface area contributed by atoms with Crippen LogP contribution in [-0.4, -0.2) is 37.7 Å². The van der Waals surface area contributed by atoms with Gasteiger partial charge in [-0.1, -0.05) is 35.9 Å². The minimum Gasteiger partial charge on any atom is -0.297 e. The number of aromatic nitrogens is 4. The van der Waals surface area contributed by atoms with Gasteiger partial charge in [-0.2, -0.15) is 0 Å². The van der Waals surface area contributed by atoms with Gasteiger partial charge in [0.2, 0.25) is 0 Å². The first-order chi connectivity index (χ1) is 14.1. The third-order valence-electron chi connectivity index (χ3n) is 6.49. The fourth-order valence-corrected chi connectivity index (χ4v) is 4.68. The van der Waals surface area contributed by atoms with Gasteiger partial charge in [-0.05, 0) is 51.4 Å². The van der Waals surface area contributed by atoms with E-state index in [4.69, 9.17) is 0 Å². The highest BCUT2D eigenvalue weighted by atomic mass is 16.1. The van der Waals surface area contributed by atoms with Gasteiger partial charge in [-0.3, -0.25) is 19.2 Å². The Morgan fingerprint density at radius 1 is 0.966 bits per heavy atom. The molecule has 0 N–H and O–H groups in total. The molecule has 1 spiro atoms. The van der Waals surface area contributed by atoms with Crippen LogP contribution in [0.1, 0.15) is 36.3 Å². The molecular formula is C23H25N5O. The minimum atomic E-state index is -0.0153. The summed E-state index contributed by atoms with van der Waals surface area (Å²) in [4.78, 5) is 20.0. The van der Waals surface area contributed by atoms with Crippen LogP contribution in [0.5, 0.6) is 0 Å². The summed E-state index contributed by atoms with van der Waals surface area (Å²) in [5.41, 5.74) is 3.55. The van der Waals surface area contributed by atoms with Crippen molar-refractivity contribution in [2.45, 2.75) is 44.7 Å². The molecule has 6 heteroatoms. The Morgan fingerprint density at radius 2 is 1.72 bits per heavy atom. The molecule has 0 radical (unpaired) electrons. The monoisotopic (exact) mass is 387 g/mol. The molecule has 148 valence electrons. The Morgan fingerprint density at radius 3 is 2.45 bits per heavy atom. The predicted molar refractivity (Wildman–Crippen MR) is 112 cm³/mol. The van der Waals surface area contributed by atoms with Crippen molar-refractivity contribution in [3.63, 3.8) is 0 Å². The van der Waals surface area contributed by atoms with E-state index in [2.05, 4.69) is 26.1 Å². The van der Waals surface area contributed by atoms with Crippen LogP contribution >= 0.6 is 0 Å². The fraction of sp³-hybridized carbons (Fsp3) is 0.391. The molecule has 0 aliphatic carbocycles. The molecule has 3 aromatic rings. The van der Waals surface area contributed by atoms with E-state index < -0.39 is 0 Å². The number of aryl methyl sites for hydroxylation is 1. The average molecular weight is 387 g/mol. The van der Waals surface area contributed by atoms with Gasteiger partial charge < -0.3 is 0 Å². The maximum Gasteiger partial charge on any atom is 0.280 e. The summed E-state index contributed by atoms with van der Waals surface area (Å²) >= 11 is 0. The van der Waals surface area contributed by atoms with Crippen molar-refractivity contribution >= 4 is 0 Å². The van der Waals surface area contributed by atoms with E-state index in [9.17, 15) is 4.79 Å². The molecule has 6 nitrogen and oxygen atoms in total. The number of pyridine rings is 1. The van der Waals surface area contributed by atoms with Gasteiger partial charge >= 0.3 is 0 Å². The predicted octanol–water partition coefficient (Wildman–Crippen LogP) is 2.95. The van der Waals surface area contributed by atoms with Crippen molar-refractivity contribution in [1.29, 1.82) is 0 Å². The zero-order chi connectivity index (χ0) is 19.8. The third kappa shape index (κ3) is 3.27. The van der Waals surface area contributed by atoms with E-state index in [1.54, 1.807) is 0 Å². The lowest BCUT2D eigenvalue weighted by Crippen LogP contribution is -2.42. The molecule has 0 bridgehead atoms. The van der Waals surface area contributed by atoms with Crippen LogP contribution < -0.4 is 5.56 Å². The van der Waals surface area contributed by atoms with Crippen LogP contribution in [0.4, 0.5) is 0 Å². The first-order valence-corrected chi connectivity index (χ1v) is 10.3. The molecule has 0 amide bonds. The minimum absolute atomic E-state index is 0.00774. The fourth-order valence-electron chi connectivity index (χ4n) is 4.68. The lowest BCUT2D eigenvalue weighted by Gasteiger charge is -2.38. The Bertz CT molecular complexity index is 1070. The molecule has 1 saturated heterocycles.